The fourth-order valence-corrected chi connectivity index (χ4v) is 8.25. The molecule has 1 fully saturated rings. The molecule has 0 spiro atoms. The van der Waals surface area contributed by atoms with Crippen LogP contribution in [0.15, 0.2) is 126 Å². The molecule has 7 N–H and O–H groups in total. The second-order valence-electron chi connectivity index (χ2n) is 16.7. The van der Waals surface area contributed by atoms with Gasteiger partial charge in [-0.2, -0.15) is 0 Å². The number of benzene rings is 5. The van der Waals surface area contributed by atoms with Gasteiger partial charge in [-0.05, 0) is 83.8 Å². The van der Waals surface area contributed by atoms with Gasteiger partial charge in [-0.15, -0.1) is 0 Å². The van der Waals surface area contributed by atoms with Gasteiger partial charge in [-0.25, -0.2) is 4.79 Å². The summed E-state index contributed by atoms with van der Waals surface area (Å²) in [5.74, 6) is 0.477. The van der Waals surface area contributed by atoms with Crippen LogP contribution in [0.5, 0.6) is 11.5 Å². The summed E-state index contributed by atoms with van der Waals surface area (Å²) in [6.07, 6.45) is 0.983. The molecule has 0 unspecified atom stereocenters. The lowest BCUT2D eigenvalue weighted by atomic mass is 10.00. The summed E-state index contributed by atoms with van der Waals surface area (Å²) in [6.45, 7) is 5.10. The number of aliphatic hydroxyl groups excluding tert-OH is 1. The maximum absolute atomic E-state index is 13.0. The number of carbonyl (C=O) groups excluding carboxylic acids is 3. The molecule has 5 aromatic carbocycles. The van der Waals surface area contributed by atoms with Gasteiger partial charge in [0.2, 0.25) is 17.4 Å². The third-order valence-corrected chi connectivity index (χ3v) is 11.9. The van der Waals surface area contributed by atoms with E-state index in [-0.39, 0.29) is 53.8 Å². The zero-order chi connectivity index (χ0) is 46.4. The zero-order valence-electron chi connectivity index (χ0n) is 37.3. The van der Waals surface area contributed by atoms with E-state index in [9.17, 15) is 29.4 Å². The molecule has 3 amide bonds. The molecule has 344 valence electrons. The third-order valence-electron chi connectivity index (χ3n) is 11.9. The van der Waals surface area contributed by atoms with Crippen molar-refractivity contribution < 1.29 is 34.1 Å². The molecule has 0 radical (unpaired) electrons. The minimum Gasteiger partial charge on any atom is -0.506 e. The molecular weight excluding hydrogens is 837 g/mol. The average Bonchev–Trinajstić information content (AvgIpc) is 3.33. The van der Waals surface area contributed by atoms with Crippen LogP contribution in [0.1, 0.15) is 60.1 Å². The van der Waals surface area contributed by atoms with Crippen LogP contribution < -0.4 is 31.6 Å². The minimum absolute atomic E-state index is 0.0350. The van der Waals surface area contributed by atoms with Crippen LogP contribution in [0.2, 0.25) is 0 Å². The molecule has 2 atom stereocenters. The monoisotopic (exact) mass is 894 g/mol. The SMILES string of the molecule is COc1ccc(CC(=O)NCc2ccc(CNC(=O)CCN3CCC(OC(=O)Nc4ccccc4-c4ccccc4)CC3)cc2)cc1C[C@H](C)NC[C@@H](O)c1ccc(O)c2[nH]c(=O)ccc12. The van der Waals surface area contributed by atoms with E-state index in [2.05, 4.69) is 31.2 Å². The number of fused-ring (bicyclic) bond motifs is 1. The van der Waals surface area contributed by atoms with Gasteiger partial charge in [0.25, 0.3) is 0 Å². The second-order valence-corrected chi connectivity index (χ2v) is 16.7. The Bertz CT molecular complexity index is 2650. The number of hydrogen-bond donors (Lipinski definition) is 7. The van der Waals surface area contributed by atoms with Crippen LogP contribution in [-0.2, 0) is 40.3 Å². The molecule has 1 aromatic heterocycles. The Balaban J connectivity index is 0.782. The highest BCUT2D eigenvalue weighted by molar-refractivity contribution is 5.91. The lowest BCUT2D eigenvalue weighted by molar-refractivity contribution is -0.122. The van der Waals surface area contributed by atoms with Crippen LogP contribution in [0.25, 0.3) is 22.0 Å². The second kappa shape index (κ2) is 22.8. The van der Waals surface area contributed by atoms with Crippen LogP contribution in [0.4, 0.5) is 10.5 Å². The number of rotatable bonds is 19. The Hall–Kier alpha value is -7.00. The quantitative estimate of drug-likeness (QED) is 0.0458. The molecule has 66 heavy (non-hydrogen) atoms. The molecule has 0 bridgehead atoms. The smallest absolute Gasteiger partial charge is 0.411 e. The van der Waals surface area contributed by atoms with Crippen molar-refractivity contribution >= 4 is 34.5 Å². The predicted molar refractivity (Wildman–Crippen MR) is 255 cm³/mol. The van der Waals surface area contributed by atoms with Crippen molar-refractivity contribution in [1.29, 1.82) is 0 Å². The number of nitrogens with zero attached hydrogens (tertiary/aromatic N) is 1. The van der Waals surface area contributed by atoms with Gasteiger partial charge >= 0.3 is 6.09 Å². The molecular formula is C52H58N6O8. The number of nitrogens with one attached hydrogen (secondary N) is 5. The standard InChI is InChI=1S/C52H58N6O8/c1-34(53-33-46(60)42-17-19-45(59)51-43(42)18-21-49(62)57-51)28-39-29-37(16-20-47(39)65-2)30-50(63)55-32-36-14-12-35(13-15-36)31-54-48(61)24-27-58-25-22-40(23-26-58)66-52(64)56-44-11-7-6-10-41(44)38-8-4-3-5-9-38/h3-21,29,34,40,46,53,59-60H,22-28,30-33H2,1-2H3,(H,54,61)(H,55,63)(H,56,64)(H,57,62)/t34-,46+/m0/s1. The van der Waals surface area contributed by atoms with Crippen LogP contribution in [-0.4, -0.2) is 83.4 Å². The number of hydrogen-bond acceptors (Lipinski definition) is 10. The largest absolute Gasteiger partial charge is 0.506 e. The summed E-state index contributed by atoms with van der Waals surface area (Å²) < 4.78 is 11.4. The van der Waals surface area contributed by atoms with E-state index in [1.54, 1.807) is 19.2 Å². The van der Waals surface area contributed by atoms with Gasteiger partial charge in [-0.3, -0.25) is 19.7 Å². The summed E-state index contributed by atoms with van der Waals surface area (Å²) in [7, 11) is 1.61. The number of piperidine rings is 1. The van der Waals surface area contributed by atoms with Gasteiger partial charge in [0.1, 0.15) is 17.6 Å². The number of pyridine rings is 1. The number of likely N-dealkylation sites (tertiary alicyclic amines) is 1. The number of anilines is 1. The molecule has 6 aromatic rings. The molecule has 0 aliphatic carbocycles. The van der Waals surface area contributed by atoms with Gasteiger partial charge < -0.3 is 45.5 Å². The predicted octanol–water partition coefficient (Wildman–Crippen LogP) is 6.74. The van der Waals surface area contributed by atoms with Crippen molar-refractivity contribution in [3.63, 3.8) is 0 Å². The Kier molecular flexibility index (Phi) is 16.2. The zero-order valence-corrected chi connectivity index (χ0v) is 37.3. The number of phenols is 1. The van der Waals surface area contributed by atoms with E-state index in [0.717, 1.165) is 46.5 Å². The summed E-state index contributed by atoms with van der Waals surface area (Å²) in [4.78, 5) is 55.2. The van der Waals surface area contributed by atoms with Crippen molar-refractivity contribution in [3.05, 3.63) is 159 Å². The van der Waals surface area contributed by atoms with Crippen LogP contribution in [0, 0.1) is 0 Å². The summed E-state index contributed by atoms with van der Waals surface area (Å²) in [6, 6.07) is 37.0. The Labute approximate surface area is 384 Å². The Morgan fingerprint density at radius 2 is 1.50 bits per heavy atom. The number of aromatic nitrogens is 1. The fourth-order valence-electron chi connectivity index (χ4n) is 8.25. The first-order valence-corrected chi connectivity index (χ1v) is 22.4. The number of aliphatic hydroxyl groups is 1. The lowest BCUT2D eigenvalue weighted by Crippen LogP contribution is -2.40. The number of aromatic hydroxyl groups is 1. The lowest BCUT2D eigenvalue weighted by Gasteiger charge is -2.31. The van der Waals surface area contributed by atoms with Crippen molar-refractivity contribution in [2.45, 2.75) is 70.4 Å². The molecule has 0 saturated carbocycles. The first-order valence-electron chi connectivity index (χ1n) is 22.4. The van der Waals surface area contributed by atoms with E-state index in [1.807, 2.05) is 104 Å². The number of H-pyrrole nitrogens is 1. The topological polar surface area (TPSA) is 194 Å². The molecule has 7 rings (SSSR count). The van der Waals surface area contributed by atoms with E-state index in [0.29, 0.717) is 67.7 Å². The van der Waals surface area contributed by atoms with Gasteiger partial charge in [0.15, 0.2) is 0 Å². The highest BCUT2D eigenvalue weighted by Crippen LogP contribution is 2.30. The molecule has 14 nitrogen and oxygen atoms in total. The van der Waals surface area contributed by atoms with Crippen molar-refractivity contribution in [2.24, 2.45) is 0 Å². The Morgan fingerprint density at radius 3 is 2.23 bits per heavy atom. The molecule has 1 saturated heterocycles. The number of methoxy groups -OCH3 is 1. The number of ether oxygens (including phenoxy) is 2. The van der Waals surface area contributed by atoms with Crippen LogP contribution in [0.3, 0.4) is 0 Å². The van der Waals surface area contributed by atoms with E-state index < -0.39 is 12.2 Å². The summed E-state index contributed by atoms with van der Waals surface area (Å²) in [5.41, 5.74) is 6.82. The fraction of sp³-hybridized carbons (Fsp3) is 0.308. The molecule has 2 heterocycles. The normalized spacial score (nSPS) is 14.0. The van der Waals surface area contributed by atoms with Crippen molar-refractivity contribution in [1.82, 2.24) is 25.8 Å². The van der Waals surface area contributed by atoms with E-state index >= 15 is 0 Å². The average molecular weight is 895 g/mol. The van der Waals surface area contributed by atoms with Crippen LogP contribution >= 0.6 is 0 Å². The van der Waals surface area contributed by atoms with E-state index in [4.69, 9.17) is 9.47 Å². The Morgan fingerprint density at radius 1 is 0.818 bits per heavy atom. The number of aromatic amines is 1. The molecule has 1 aliphatic rings. The molecule has 14 heteroatoms. The number of amides is 3. The van der Waals surface area contributed by atoms with Crippen molar-refractivity contribution in [3.8, 4) is 22.6 Å². The number of carbonyl (C=O) groups is 3. The first-order chi connectivity index (χ1) is 32.0. The highest BCUT2D eigenvalue weighted by atomic mass is 16.6. The summed E-state index contributed by atoms with van der Waals surface area (Å²) in [5, 5.41) is 34.1. The van der Waals surface area contributed by atoms with E-state index in [1.165, 1.54) is 12.1 Å². The summed E-state index contributed by atoms with van der Waals surface area (Å²) >= 11 is 0. The van der Waals surface area contributed by atoms with Crippen molar-refractivity contribution in [2.75, 3.05) is 38.6 Å². The third kappa shape index (κ3) is 13.1. The number of para-hydroxylation sites is 1. The maximum atomic E-state index is 13.0. The van der Waals surface area contributed by atoms with Gasteiger partial charge in [-0.1, -0.05) is 91.0 Å². The van der Waals surface area contributed by atoms with Gasteiger partial charge in [0.05, 0.1) is 30.8 Å². The molecule has 1 aliphatic heterocycles. The minimum atomic E-state index is -0.894. The van der Waals surface area contributed by atoms with Gasteiger partial charge in [0, 0.05) is 68.7 Å². The number of phenolic OH excluding ortho intramolecular Hbond substituents is 1. The highest BCUT2D eigenvalue weighted by Gasteiger charge is 2.23. The maximum Gasteiger partial charge on any atom is 0.411 e. The first kappa shape index (κ1) is 47.0.